The highest BCUT2D eigenvalue weighted by Gasteiger charge is 2.33. The first kappa shape index (κ1) is 12.1. The molecule has 0 heterocycles. The number of nitrogens with zero attached hydrogens (tertiary/aromatic N) is 2. The first-order chi connectivity index (χ1) is 5.87. The number of hydrogen-bond acceptors (Lipinski definition) is 2. The molecule has 0 aromatic rings. The van der Waals surface area contributed by atoms with Gasteiger partial charge < -0.3 is 5.53 Å². The van der Waals surface area contributed by atoms with Crippen LogP contribution in [0.2, 0.25) is 0 Å². The molecule has 0 aromatic carbocycles. The van der Waals surface area contributed by atoms with Gasteiger partial charge in [0.1, 0.15) is 0 Å². The topological polar surface area (TPSA) is 70.5 Å². The quantitative estimate of drug-likeness (QED) is 0.227. The summed E-state index contributed by atoms with van der Waals surface area (Å²) in [6.07, 6.45) is 4.13. The molecule has 0 aliphatic heterocycles. The van der Waals surface area contributed by atoms with Crippen LogP contribution < -0.4 is 0 Å². The molecular formula is C8H14N2O2S. The molecule has 0 spiro atoms. The van der Waals surface area contributed by atoms with E-state index in [1.54, 1.807) is 26.0 Å². The number of hydrogen-bond donors (Lipinski definition) is 0. The molecule has 0 radical (unpaired) electrons. The van der Waals surface area contributed by atoms with E-state index in [0.29, 0.717) is 5.55 Å². The van der Waals surface area contributed by atoms with Crippen LogP contribution in [0.3, 0.4) is 0 Å². The second kappa shape index (κ2) is 4.35. The minimum Gasteiger partial charge on any atom is -0.361 e. The summed E-state index contributed by atoms with van der Waals surface area (Å²) in [5.41, 5.74) is 8.72. The molecule has 74 valence electrons. The van der Waals surface area contributed by atoms with Gasteiger partial charge in [-0.3, -0.25) is 0 Å². The van der Waals surface area contributed by atoms with Gasteiger partial charge in [0, 0.05) is 0 Å². The highest BCUT2D eigenvalue weighted by atomic mass is 32.2. The molecule has 0 aromatic heterocycles. The summed E-state index contributed by atoms with van der Waals surface area (Å²) >= 11 is 0. The predicted molar refractivity (Wildman–Crippen MR) is 52.1 cm³/mol. The van der Waals surface area contributed by atoms with E-state index in [4.69, 9.17) is 5.53 Å². The first-order valence-corrected chi connectivity index (χ1v) is 5.52. The van der Waals surface area contributed by atoms with E-state index in [1.165, 1.54) is 0 Å². The summed E-state index contributed by atoms with van der Waals surface area (Å²) in [6, 6.07) is 0. The fraction of sp³-hybridized carbons (Fsp3) is 0.625. The van der Waals surface area contributed by atoms with E-state index in [9.17, 15) is 8.42 Å². The Hall–Kier alpha value is -0.930. The summed E-state index contributed by atoms with van der Waals surface area (Å²) < 4.78 is 21.8. The number of sulfone groups is 1. The minimum absolute atomic E-state index is 0.562. The summed E-state index contributed by atoms with van der Waals surface area (Å²) in [5, 5.41) is 0. The SMILES string of the molecule is CCC=CC(C)(C)S(=O)(=O)C=[N+]=[N-]. The monoisotopic (exact) mass is 202 g/mol. The Bertz CT molecular complexity index is 335. The van der Waals surface area contributed by atoms with Crippen molar-refractivity contribution in [3.8, 4) is 0 Å². The van der Waals surface area contributed by atoms with E-state index in [1.807, 2.05) is 6.92 Å². The van der Waals surface area contributed by atoms with Crippen LogP contribution in [0.15, 0.2) is 12.2 Å². The molecule has 0 bridgehead atoms. The minimum atomic E-state index is -3.51. The van der Waals surface area contributed by atoms with Gasteiger partial charge in [-0.15, -0.1) is 0 Å². The van der Waals surface area contributed by atoms with E-state index in [0.717, 1.165) is 6.42 Å². The maximum atomic E-state index is 11.4. The number of allylic oxidation sites excluding steroid dienone is 1. The average Bonchev–Trinajstić information content (AvgIpc) is 2.00. The smallest absolute Gasteiger partial charge is 0.361 e. The third kappa shape index (κ3) is 3.13. The molecule has 5 heteroatoms. The molecule has 4 nitrogen and oxygen atoms in total. The van der Waals surface area contributed by atoms with Crippen molar-refractivity contribution in [1.29, 1.82) is 0 Å². The van der Waals surface area contributed by atoms with E-state index in [2.05, 4.69) is 4.79 Å². The fourth-order valence-corrected chi connectivity index (χ4v) is 1.38. The lowest BCUT2D eigenvalue weighted by Crippen LogP contribution is -2.30. The second-order valence-electron chi connectivity index (χ2n) is 3.18. The van der Waals surface area contributed by atoms with Crippen molar-refractivity contribution < 1.29 is 13.2 Å². The molecule has 13 heavy (non-hydrogen) atoms. The van der Waals surface area contributed by atoms with Crippen molar-refractivity contribution in [2.24, 2.45) is 0 Å². The highest BCUT2D eigenvalue weighted by molar-refractivity contribution is 8.05. The fourth-order valence-electron chi connectivity index (χ4n) is 0.694. The molecule has 0 unspecified atom stereocenters. The maximum Gasteiger partial charge on any atom is 0.371 e. The van der Waals surface area contributed by atoms with Crippen LogP contribution in [0.4, 0.5) is 0 Å². The molecule has 0 saturated heterocycles. The Morgan fingerprint density at radius 2 is 2.00 bits per heavy atom. The molecule has 0 atom stereocenters. The normalized spacial score (nSPS) is 12.8. The summed E-state index contributed by atoms with van der Waals surface area (Å²) in [7, 11) is -3.51. The Balaban J connectivity index is 5.04. The third-order valence-corrected chi connectivity index (χ3v) is 3.65. The van der Waals surface area contributed by atoms with Crippen molar-refractivity contribution >= 4 is 15.4 Å². The lowest BCUT2D eigenvalue weighted by atomic mass is 10.2. The molecule has 0 aliphatic carbocycles. The van der Waals surface area contributed by atoms with Crippen molar-refractivity contribution in [3.63, 3.8) is 0 Å². The van der Waals surface area contributed by atoms with E-state index < -0.39 is 14.6 Å². The van der Waals surface area contributed by atoms with Crippen LogP contribution in [0, 0.1) is 0 Å². The van der Waals surface area contributed by atoms with Crippen LogP contribution in [0.25, 0.3) is 5.53 Å². The van der Waals surface area contributed by atoms with Crippen LogP contribution in [0.5, 0.6) is 0 Å². The summed E-state index contributed by atoms with van der Waals surface area (Å²) in [6.45, 7) is 5.02. The zero-order valence-corrected chi connectivity index (χ0v) is 8.87. The molecule has 0 amide bonds. The molecule has 0 N–H and O–H groups in total. The van der Waals surface area contributed by atoms with Gasteiger partial charge in [-0.05, 0) is 20.3 Å². The summed E-state index contributed by atoms with van der Waals surface area (Å²) in [5.74, 6) is 0. The molecule has 0 rings (SSSR count). The largest absolute Gasteiger partial charge is 0.371 e. The third-order valence-electron chi connectivity index (χ3n) is 1.67. The van der Waals surface area contributed by atoms with Gasteiger partial charge in [-0.2, -0.15) is 4.79 Å². The van der Waals surface area contributed by atoms with Crippen molar-refractivity contribution in [2.75, 3.05) is 0 Å². The molecular weight excluding hydrogens is 188 g/mol. The number of rotatable bonds is 4. The summed E-state index contributed by atoms with van der Waals surface area (Å²) in [4.78, 5) is 2.53. The second-order valence-corrected chi connectivity index (χ2v) is 5.53. The van der Waals surface area contributed by atoms with Gasteiger partial charge in [0.05, 0.1) is 4.75 Å². The Labute approximate surface area is 78.8 Å². The lowest BCUT2D eigenvalue weighted by molar-refractivity contribution is 0.00743. The van der Waals surface area contributed by atoms with Crippen molar-refractivity contribution in [1.82, 2.24) is 0 Å². The Morgan fingerprint density at radius 3 is 2.38 bits per heavy atom. The van der Waals surface area contributed by atoms with Gasteiger partial charge in [-0.1, -0.05) is 19.1 Å². The van der Waals surface area contributed by atoms with Gasteiger partial charge in [0.15, 0.2) is 0 Å². The molecule has 0 saturated carbocycles. The molecule has 0 aliphatic rings. The van der Waals surface area contributed by atoms with Crippen LogP contribution in [0.1, 0.15) is 27.2 Å². The van der Waals surface area contributed by atoms with Crippen LogP contribution >= 0.6 is 0 Å². The van der Waals surface area contributed by atoms with E-state index in [-0.39, 0.29) is 0 Å². The molecule has 0 fully saturated rings. The first-order valence-electron chi connectivity index (χ1n) is 3.97. The van der Waals surface area contributed by atoms with Crippen molar-refractivity contribution in [2.45, 2.75) is 31.9 Å². The lowest BCUT2D eigenvalue weighted by Gasteiger charge is -2.14. The Morgan fingerprint density at radius 1 is 1.46 bits per heavy atom. The highest BCUT2D eigenvalue weighted by Crippen LogP contribution is 2.17. The maximum absolute atomic E-state index is 11.4. The van der Waals surface area contributed by atoms with Gasteiger partial charge in [0.2, 0.25) is 0 Å². The van der Waals surface area contributed by atoms with Crippen LogP contribution in [-0.2, 0) is 9.84 Å². The van der Waals surface area contributed by atoms with Gasteiger partial charge in [-0.25, -0.2) is 8.42 Å². The van der Waals surface area contributed by atoms with Crippen LogP contribution in [-0.4, -0.2) is 23.5 Å². The zero-order chi connectivity index (χ0) is 10.5. The zero-order valence-electron chi connectivity index (χ0n) is 8.06. The predicted octanol–water partition coefficient (Wildman–Crippen LogP) is 1.40. The van der Waals surface area contributed by atoms with Gasteiger partial charge in [0.25, 0.3) is 9.84 Å². The van der Waals surface area contributed by atoms with E-state index >= 15 is 0 Å². The Kier molecular flexibility index (Phi) is 4.04. The average molecular weight is 202 g/mol. The van der Waals surface area contributed by atoms with Crippen molar-refractivity contribution in [3.05, 3.63) is 17.7 Å². The standard InChI is InChI=1S/C8H14N2O2S/c1-4-5-6-8(2,3)13(11,12)7-10-9/h5-7H,4H2,1-3H3. The van der Waals surface area contributed by atoms with Gasteiger partial charge >= 0.3 is 5.55 Å².